The minimum Gasteiger partial charge on any atom is -0.372 e. The van der Waals surface area contributed by atoms with E-state index in [0.29, 0.717) is 5.82 Å². The van der Waals surface area contributed by atoms with Gasteiger partial charge in [-0.2, -0.15) is 0 Å². The van der Waals surface area contributed by atoms with Gasteiger partial charge in [-0.3, -0.25) is 4.79 Å². The summed E-state index contributed by atoms with van der Waals surface area (Å²) >= 11 is 0. The second kappa shape index (κ2) is 6.93. The first-order valence-corrected chi connectivity index (χ1v) is 6.26. The first-order valence-electron chi connectivity index (χ1n) is 6.26. The maximum atomic E-state index is 13.1. The van der Waals surface area contributed by atoms with Gasteiger partial charge in [0.2, 0.25) is 0 Å². The third-order valence-corrected chi connectivity index (χ3v) is 2.80. The molecule has 0 bridgehead atoms. The number of carbonyl (C=O) groups excluding carboxylic acids is 1. The fourth-order valence-corrected chi connectivity index (χ4v) is 1.80. The fourth-order valence-electron chi connectivity index (χ4n) is 1.80. The number of carbonyl (C=O) groups is 1. The summed E-state index contributed by atoms with van der Waals surface area (Å²) in [4.78, 5) is 15.9. The molecule has 0 aliphatic carbocycles. The summed E-state index contributed by atoms with van der Waals surface area (Å²) in [5, 5.41) is 5.69. The number of pyridine rings is 1. The topological polar surface area (TPSA) is 54.0 Å². The zero-order chi connectivity index (χ0) is 13.5. The molecule has 1 aromatic rings. The van der Waals surface area contributed by atoms with Crippen molar-refractivity contribution in [1.29, 1.82) is 0 Å². The molecule has 0 radical (unpaired) electrons. The normalized spacial score (nSPS) is 12.0. The highest BCUT2D eigenvalue weighted by Crippen LogP contribution is 2.14. The van der Waals surface area contributed by atoms with E-state index in [-0.39, 0.29) is 17.5 Å². The highest BCUT2D eigenvalue weighted by Gasteiger charge is 2.16. The van der Waals surface area contributed by atoms with E-state index in [9.17, 15) is 9.18 Å². The summed E-state index contributed by atoms with van der Waals surface area (Å²) in [6.45, 7) is 4.08. The second-order valence-corrected chi connectivity index (χ2v) is 4.17. The average Bonchev–Trinajstić information content (AvgIpc) is 2.38. The summed E-state index contributed by atoms with van der Waals surface area (Å²) in [6.07, 6.45) is 3.86. The van der Waals surface area contributed by atoms with Crippen LogP contribution in [0.4, 0.5) is 10.2 Å². The molecule has 1 unspecified atom stereocenters. The predicted molar refractivity (Wildman–Crippen MR) is 70.2 cm³/mol. The van der Waals surface area contributed by atoms with E-state index >= 15 is 0 Å². The number of hydrogen-bond donors (Lipinski definition) is 2. The highest BCUT2D eigenvalue weighted by molar-refractivity contribution is 5.98. The molecule has 0 aliphatic rings. The van der Waals surface area contributed by atoms with Crippen molar-refractivity contribution in [2.75, 3.05) is 12.4 Å². The molecule has 18 heavy (non-hydrogen) atoms. The molecule has 0 aliphatic heterocycles. The monoisotopic (exact) mass is 253 g/mol. The lowest BCUT2D eigenvalue weighted by molar-refractivity contribution is 0.0934. The van der Waals surface area contributed by atoms with Crippen LogP contribution in [-0.4, -0.2) is 24.0 Å². The lowest BCUT2D eigenvalue weighted by Gasteiger charge is -2.17. The number of rotatable bonds is 6. The molecular formula is C13H20FN3O. The first-order chi connectivity index (χ1) is 8.62. The summed E-state index contributed by atoms with van der Waals surface area (Å²) < 4.78 is 13.1. The first kappa shape index (κ1) is 14.4. The van der Waals surface area contributed by atoms with Crippen LogP contribution in [0.2, 0.25) is 0 Å². The van der Waals surface area contributed by atoms with E-state index in [1.54, 1.807) is 7.05 Å². The Bertz CT molecular complexity index is 409. The third-order valence-electron chi connectivity index (χ3n) is 2.80. The van der Waals surface area contributed by atoms with Crippen molar-refractivity contribution in [3.8, 4) is 0 Å². The smallest absolute Gasteiger partial charge is 0.255 e. The molecule has 1 rings (SSSR count). The molecule has 2 N–H and O–H groups in total. The standard InChI is InChI=1S/C13H20FN3O/c1-4-6-10(5-2)17-13(18)11-7-9(14)8-16-12(11)15-3/h7-8,10H,4-6H2,1-3H3,(H,15,16)(H,17,18). The van der Waals surface area contributed by atoms with E-state index in [0.717, 1.165) is 25.5 Å². The molecule has 1 aromatic heterocycles. The van der Waals surface area contributed by atoms with Crippen LogP contribution in [0.3, 0.4) is 0 Å². The number of amides is 1. The highest BCUT2D eigenvalue weighted by atomic mass is 19.1. The minimum absolute atomic E-state index is 0.121. The van der Waals surface area contributed by atoms with Crippen molar-refractivity contribution in [2.24, 2.45) is 0 Å². The summed E-state index contributed by atoms with van der Waals surface area (Å²) in [6, 6.07) is 1.32. The van der Waals surface area contributed by atoms with Gasteiger partial charge in [-0.25, -0.2) is 9.37 Å². The number of hydrogen-bond acceptors (Lipinski definition) is 3. The van der Waals surface area contributed by atoms with Crippen LogP contribution in [0.5, 0.6) is 0 Å². The van der Waals surface area contributed by atoms with E-state index in [1.165, 1.54) is 6.07 Å². The van der Waals surface area contributed by atoms with E-state index in [2.05, 4.69) is 22.5 Å². The zero-order valence-corrected chi connectivity index (χ0v) is 11.1. The summed E-state index contributed by atoms with van der Waals surface area (Å²) in [5.74, 6) is -0.408. The summed E-state index contributed by atoms with van der Waals surface area (Å²) in [5.41, 5.74) is 0.243. The average molecular weight is 253 g/mol. The van der Waals surface area contributed by atoms with Gasteiger partial charge in [0.15, 0.2) is 0 Å². The van der Waals surface area contributed by atoms with Gasteiger partial charge in [0.25, 0.3) is 5.91 Å². The third kappa shape index (κ3) is 3.68. The Hall–Kier alpha value is -1.65. The van der Waals surface area contributed by atoms with Crippen molar-refractivity contribution in [3.05, 3.63) is 23.6 Å². The largest absolute Gasteiger partial charge is 0.372 e. The lowest BCUT2D eigenvalue weighted by Crippen LogP contribution is -2.34. The Balaban J connectivity index is 2.85. The number of halogens is 1. The van der Waals surface area contributed by atoms with Crippen molar-refractivity contribution < 1.29 is 9.18 Å². The van der Waals surface area contributed by atoms with Gasteiger partial charge < -0.3 is 10.6 Å². The fraction of sp³-hybridized carbons (Fsp3) is 0.538. The minimum atomic E-state index is -0.511. The Morgan fingerprint density at radius 2 is 2.22 bits per heavy atom. The van der Waals surface area contributed by atoms with Crippen molar-refractivity contribution in [2.45, 2.75) is 39.2 Å². The molecule has 100 valence electrons. The molecule has 1 atom stereocenters. The Morgan fingerprint density at radius 3 is 2.78 bits per heavy atom. The van der Waals surface area contributed by atoms with Crippen molar-refractivity contribution in [3.63, 3.8) is 0 Å². The molecule has 0 saturated heterocycles. The maximum Gasteiger partial charge on any atom is 0.255 e. The molecule has 4 nitrogen and oxygen atoms in total. The molecule has 5 heteroatoms. The van der Waals surface area contributed by atoms with Gasteiger partial charge in [0.05, 0.1) is 11.8 Å². The molecular weight excluding hydrogens is 233 g/mol. The molecule has 0 fully saturated rings. The SMILES string of the molecule is CCCC(CC)NC(=O)c1cc(F)cnc1NC. The van der Waals surface area contributed by atoms with Crippen LogP contribution in [-0.2, 0) is 0 Å². The van der Waals surface area contributed by atoms with Crippen molar-refractivity contribution in [1.82, 2.24) is 10.3 Å². The number of nitrogens with one attached hydrogen (secondary N) is 2. The zero-order valence-electron chi connectivity index (χ0n) is 11.1. The van der Waals surface area contributed by atoms with Crippen LogP contribution < -0.4 is 10.6 Å². The van der Waals surface area contributed by atoms with Gasteiger partial charge in [-0.1, -0.05) is 20.3 Å². The lowest BCUT2D eigenvalue weighted by atomic mass is 10.1. The van der Waals surface area contributed by atoms with E-state index < -0.39 is 5.82 Å². The van der Waals surface area contributed by atoms with Crippen LogP contribution >= 0.6 is 0 Å². The molecule has 1 heterocycles. The quantitative estimate of drug-likeness (QED) is 0.819. The van der Waals surface area contributed by atoms with Gasteiger partial charge in [0, 0.05) is 13.1 Å². The van der Waals surface area contributed by atoms with Crippen LogP contribution in [0, 0.1) is 5.82 Å². The summed E-state index contributed by atoms with van der Waals surface area (Å²) in [7, 11) is 1.65. The number of nitrogens with zero attached hydrogens (tertiary/aromatic N) is 1. The molecule has 0 saturated carbocycles. The Labute approximate surface area is 107 Å². The van der Waals surface area contributed by atoms with Gasteiger partial charge in [-0.05, 0) is 18.9 Å². The van der Waals surface area contributed by atoms with Crippen molar-refractivity contribution >= 4 is 11.7 Å². The van der Waals surface area contributed by atoms with Crippen LogP contribution in [0.25, 0.3) is 0 Å². The van der Waals surface area contributed by atoms with Crippen LogP contribution in [0.15, 0.2) is 12.3 Å². The molecule has 0 spiro atoms. The van der Waals surface area contributed by atoms with Crippen LogP contribution in [0.1, 0.15) is 43.5 Å². The Morgan fingerprint density at radius 1 is 1.50 bits per heavy atom. The number of aromatic nitrogens is 1. The van der Waals surface area contributed by atoms with Gasteiger partial charge in [0.1, 0.15) is 11.6 Å². The number of anilines is 1. The Kier molecular flexibility index (Phi) is 5.55. The maximum absolute atomic E-state index is 13.1. The van der Waals surface area contributed by atoms with Gasteiger partial charge >= 0.3 is 0 Å². The molecule has 1 amide bonds. The van der Waals surface area contributed by atoms with E-state index in [1.807, 2.05) is 6.92 Å². The second-order valence-electron chi connectivity index (χ2n) is 4.17. The molecule has 0 aromatic carbocycles. The van der Waals surface area contributed by atoms with E-state index in [4.69, 9.17) is 0 Å². The van der Waals surface area contributed by atoms with Gasteiger partial charge in [-0.15, -0.1) is 0 Å². The predicted octanol–water partition coefficient (Wildman–Crippen LogP) is 2.57.